The van der Waals surface area contributed by atoms with Crippen molar-refractivity contribution in [2.45, 2.75) is 26.3 Å². The summed E-state index contributed by atoms with van der Waals surface area (Å²) in [7, 11) is 6.28. The van der Waals surface area contributed by atoms with E-state index >= 15 is 0 Å². The second-order valence-corrected chi connectivity index (χ2v) is 7.74. The molecular formula is C20H34N4O. The fraction of sp³-hybridized carbons (Fsp3) is 0.650. The maximum absolute atomic E-state index is 12.1. The van der Waals surface area contributed by atoms with Crippen LogP contribution < -0.4 is 10.2 Å². The molecule has 0 spiro atoms. The van der Waals surface area contributed by atoms with E-state index in [-0.39, 0.29) is 11.9 Å². The van der Waals surface area contributed by atoms with E-state index in [2.05, 4.69) is 79.3 Å². The summed E-state index contributed by atoms with van der Waals surface area (Å²) in [5.41, 5.74) is 2.48. The van der Waals surface area contributed by atoms with Crippen molar-refractivity contribution in [3.8, 4) is 0 Å². The van der Waals surface area contributed by atoms with Gasteiger partial charge in [0.15, 0.2) is 0 Å². The van der Waals surface area contributed by atoms with Gasteiger partial charge >= 0.3 is 0 Å². The molecule has 0 aromatic heterocycles. The molecule has 0 radical (unpaired) electrons. The molecule has 1 aliphatic heterocycles. The Balaban J connectivity index is 2.09. The first-order valence-corrected chi connectivity index (χ1v) is 9.33. The first-order valence-electron chi connectivity index (χ1n) is 9.33. The van der Waals surface area contributed by atoms with E-state index in [1.54, 1.807) is 0 Å². The van der Waals surface area contributed by atoms with E-state index in [1.165, 1.54) is 11.3 Å². The minimum absolute atomic E-state index is 0.152. The highest BCUT2D eigenvalue weighted by molar-refractivity contribution is 5.76. The van der Waals surface area contributed by atoms with Crippen LogP contribution in [0.5, 0.6) is 0 Å². The minimum Gasteiger partial charge on any atom is -0.378 e. The van der Waals surface area contributed by atoms with Gasteiger partial charge in [-0.1, -0.05) is 26.0 Å². The summed E-state index contributed by atoms with van der Waals surface area (Å²) in [5, 5.41) is 3.15. The van der Waals surface area contributed by atoms with E-state index in [1.807, 2.05) is 0 Å². The Hall–Kier alpha value is -1.59. The van der Waals surface area contributed by atoms with Crippen molar-refractivity contribution in [3.05, 3.63) is 29.8 Å². The molecule has 1 heterocycles. The van der Waals surface area contributed by atoms with Gasteiger partial charge in [0.25, 0.3) is 0 Å². The number of nitrogens with zero attached hydrogens (tertiary/aromatic N) is 3. The second-order valence-electron chi connectivity index (χ2n) is 7.74. The number of amides is 1. The van der Waals surface area contributed by atoms with Crippen molar-refractivity contribution >= 4 is 11.6 Å². The zero-order valence-corrected chi connectivity index (χ0v) is 16.5. The van der Waals surface area contributed by atoms with Crippen LogP contribution in [0.2, 0.25) is 0 Å². The smallest absolute Gasteiger partial charge is 0.220 e. The third kappa shape index (κ3) is 6.01. The Morgan fingerprint density at radius 2 is 1.72 bits per heavy atom. The SMILES string of the molecule is CC(C)CC(=O)NCC(c1ccc(N(C)C)cc1)N1CCN(C)CC1. The summed E-state index contributed by atoms with van der Waals surface area (Å²) in [4.78, 5) is 19.1. The number of hydrogen-bond acceptors (Lipinski definition) is 4. The lowest BCUT2D eigenvalue weighted by Crippen LogP contribution is -2.48. The topological polar surface area (TPSA) is 38.8 Å². The summed E-state index contributed by atoms with van der Waals surface area (Å²) in [6, 6.07) is 8.96. The van der Waals surface area contributed by atoms with Gasteiger partial charge in [0.1, 0.15) is 0 Å². The molecule has 5 nitrogen and oxygen atoms in total. The lowest BCUT2D eigenvalue weighted by molar-refractivity contribution is -0.122. The quantitative estimate of drug-likeness (QED) is 0.822. The molecule has 1 atom stereocenters. The van der Waals surface area contributed by atoms with Crippen LogP contribution >= 0.6 is 0 Å². The third-order valence-corrected chi connectivity index (χ3v) is 4.86. The Morgan fingerprint density at radius 3 is 2.24 bits per heavy atom. The normalized spacial score (nSPS) is 17.5. The predicted molar refractivity (Wildman–Crippen MR) is 105 cm³/mol. The van der Waals surface area contributed by atoms with Crippen LogP contribution in [0, 0.1) is 5.92 Å². The molecule has 1 aromatic rings. The lowest BCUT2D eigenvalue weighted by atomic mass is 10.0. The average molecular weight is 347 g/mol. The number of rotatable bonds is 7. The second kappa shape index (κ2) is 9.20. The molecule has 0 bridgehead atoms. The van der Waals surface area contributed by atoms with Crippen LogP contribution in [0.15, 0.2) is 24.3 Å². The summed E-state index contributed by atoms with van der Waals surface area (Å²) in [6.45, 7) is 9.07. The van der Waals surface area contributed by atoms with Crippen LogP contribution in [0.3, 0.4) is 0 Å². The number of piperazine rings is 1. The number of carbonyl (C=O) groups is 1. The van der Waals surface area contributed by atoms with Crippen LogP contribution in [-0.4, -0.2) is 69.6 Å². The minimum atomic E-state index is 0.152. The van der Waals surface area contributed by atoms with Crippen LogP contribution in [0.25, 0.3) is 0 Å². The summed E-state index contributed by atoms with van der Waals surface area (Å²) in [6.07, 6.45) is 0.592. The molecule has 0 saturated carbocycles. The zero-order chi connectivity index (χ0) is 18.4. The third-order valence-electron chi connectivity index (χ3n) is 4.86. The molecule has 1 aliphatic rings. The highest BCUT2D eigenvalue weighted by Gasteiger charge is 2.24. The molecule has 140 valence electrons. The number of hydrogen-bond donors (Lipinski definition) is 1. The van der Waals surface area contributed by atoms with Crippen molar-refractivity contribution in [1.82, 2.24) is 15.1 Å². The number of likely N-dealkylation sites (N-methyl/N-ethyl adjacent to an activating group) is 1. The number of benzene rings is 1. The molecule has 25 heavy (non-hydrogen) atoms. The van der Waals surface area contributed by atoms with Crippen LogP contribution in [0.1, 0.15) is 31.9 Å². The van der Waals surface area contributed by atoms with E-state index < -0.39 is 0 Å². The van der Waals surface area contributed by atoms with Crippen molar-refractivity contribution < 1.29 is 4.79 Å². The van der Waals surface area contributed by atoms with E-state index in [9.17, 15) is 4.79 Å². The van der Waals surface area contributed by atoms with Gasteiger partial charge in [-0.25, -0.2) is 0 Å². The maximum atomic E-state index is 12.1. The van der Waals surface area contributed by atoms with Gasteiger partial charge in [0.05, 0.1) is 6.04 Å². The average Bonchev–Trinajstić information content (AvgIpc) is 2.56. The van der Waals surface area contributed by atoms with Gasteiger partial charge in [0, 0.05) is 58.9 Å². The van der Waals surface area contributed by atoms with E-state index in [0.717, 1.165) is 26.2 Å². The standard InChI is InChI=1S/C20H34N4O/c1-16(2)14-20(25)21-15-19(24-12-10-23(5)11-13-24)17-6-8-18(9-7-17)22(3)4/h6-9,16,19H,10-15H2,1-5H3,(H,21,25). The van der Waals surface area contributed by atoms with Gasteiger partial charge in [-0.15, -0.1) is 0 Å². The number of anilines is 1. The molecule has 1 unspecified atom stereocenters. The number of carbonyl (C=O) groups excluding carboxylic acids is 1. The van der Waals surface area contributed by atoms with Gasteiger partial charge in [-0.2, -0.15) is 0 Å². The molecule has 1 N–H and O–H groups in total. The summed E-state index contributed by atoms with van der Waals surface area (Å²) >= 11 is 0. The maximum Gasteiger partial charge on any atom is 0.220 e. The van der Waals surface area contributed by atoms with Gasteiger partial charge in [0.2, 0.25) is 5.91 Å². The molecule has 1 fully saturated rings. The van der Waals surface area contributed by atoms with Gasteiger partial charge in [-0.3, -0.25) is 9.69 Å². The van der Waals surface area contributed by atoms with E-state index in [0.29, 0.717) is 18.9 Å². The summed E-state index contributed by atoms with van der Waals surface area (Å²) in [5.74, 6) is 0.542. The Labute approximate surface area is 153 Å². The molecule has 1 amide bonds. The highest BCUT2D eigenvalue weighted by Crippen LogP contribution is 2.24. The summed E-state index contributed by atoms with van der Waals surface area (Å²) < 4.78 is 0. The molecule has 2 rings (SSSR count). The van der Waals surface area contributed by atoms with Crippen LogP contribution in [-0.2, 0) is 4.79 Å². The fourth-order valence-electron chi connectivity index (χ4n) is 3.24. The lowest BCUT2D eigenvalue weighted by Gasteiger charge is -2.38. The van der Waals surface area contributed by atoms with Crippen molar-refractivity contribution in [2.75, 3.05) is 58.8 Å². The van der Waals surface area contributed by atoms with Crippen molar-refractivity contribution in [2.24, 2.45) is 5.92 Å². The van der Waals surface area contributed by atoms with Crippen LogP contribution in [0.4, 0.5) is 5.69 Å². The molecule has 0 aliphatic carbocycles. The Bertz CT molecular complexity index is 533. The highest BCUT2D eigenvalue weighted by atomic mass is 16.1. The number of nitrogens with one attached hydrogen (secondary N) is 1. The predicted octanol–water partition coefficient (Wildman–Crippen LogP) is 2.20. The zero-order valence-electron chi connectivity index (χ0n) is 16.5. The Kier molecular flexibility index (Phi) is 7.26. The van der Waals surface area contributed by atoms with E-state index in [4.69, 9.17) is 0 Å². The molecular weight excluding hydrogens is 312 g/mol. The van der Waals surface area contributed by atoms with Gasteiger partial charge < -0.3 is 15.1 Å². The molecule has 1 saturated heterocycles. The largest absolute Gasteiger partial charge is 0.378 e. The molecule has 1 aromatic carbocycles. The molecule has 5 heteroatoms. The first kappa shape index (κ1) is 19.7. The first-order chi connectivity index (χ1) is 11.9. The fourth-order valence-corrected chi connectivity index (χ4v) is 3.24. The monoisotopic (exact) mass is 346 g/mol. The van der Waals surface area contributed by atoms with Crippen molar-refractivity contribution in [1.29, 1.82) is 0 Å². The Morgan fingerprint density at radius 1 is 1.12 bits per heavy atom. The van der Waals surface area contributed by atoms with Crippen molar-refractivity contribution in [3.63, 3.8) is 0 Å². The van der Waals surface area contributed by atoms with Gasteiger partial charge in [-0.05, 0) is 30.7 Å².